The summed E-state index contributed by atoms with van der Waals surface area (Å²) in [6, 6.07) is 0. The average molecular weight is 358 g/mol. The number of likely N-dealkylation sites (tertiary alicyclic amines) is 1. The van der Waals surface area contributed by atoms with Gasteiger partial charge < -0.3 is 9.80 Å². The van der Waals surface area contributed by atoms with Crippen LogP contribution >= 0.6 is 0 Å². The third kappa shape index (κ3) is 3.43. The Morgan fingerprint density at radius 2 is 2.00 bits per heavy atom. The molecule has 142 valence electrons. The van der Waals surface area contributed by atoms with E-state index in [-0.39, 0.29) is 5.54 Å². The number of hydrogen-bond acceptors (Lipinski definition) is 5. The van der Waals surface area contributed by atoms with Crippen LogP contribution in [0.5, 0.6) is 0 Å². The minimum absolute atomic E-state index is 0.0596. The van der Waals surface area contributed by atoms with Gasteiger partial charge in [-0.1, -0.05) is 0 Å². The molecule has 1 aliphatic carbocycles. The lowest BCUT2D eigenvalue weighted by molar-refractivity contribution is -0.130. The standard InChI is InChI=1S/C20H31N5O/c1-15-12-21-16(2)19(22-15)25-11-10-23(3)20(14-25)7-6-18(26)24(9-8-20)13-17-4-5-17/h12,17H,4-11,13-14H2,1-3H3/t20-/m0/s1. The lowest BCUT2D eigenvalue weighted by Crippen LogP contribution is -2.61. The van der Waals surface area contributed by atoms with Crippen LogP contribution in [-0.2, 0) is 4.79 Å². The van der Waals surface area contributed by atoms with E-state index in [1.165, 1.54) is 12.8 Å². The molecular weight excluding hydrogens is 326 g/mol. The van der Waals surface area contributed by atoms with E-state index in [0.717, 1.165) is 68.7 Å². The smallest absolute Gasteiger partial charge is 0.222 e. The summed E-state index contributed by atoms with van der Waals surface area (Å²) in [4.78, 5) is 28.9. The molecule has 6 nitrogen and oxygen atoms in total. The van der Waals surface area contributed by atoms with Gasteiger partial charge in [-0.05, 0) is 52.5 Å². The second kappa shape index (κ2) is 6.80. The van der Waals surface area contributed by atoms with E-state index in [2.05, 4.69) is 26.7 Å². The lowest BCUT2D eigenvalue weighted by Gasteiger charge is -2.49. The molecule has 3 aliphatic rings. The number of carbonyl (C=O) groups excluding carboxylic acids is 1. The van der Waals surface area contributed by atoms with Crippen LogP contribution in [0.4, 0.5) is 5.82 Å². The zero-order valence-corrected chi connectivity index (χ0v) is 16.4. The molecule has 6 heteroatoms. The van der Waals surface area contributed by atoms with Crippen molar-refractivity contribution in [3.05, 3.63) is 17.6 Å². The van der Waals surface area contributed by atoms with Gasteiger partial charge >= 0.3 is 0 Å². The number of amides is 1. The first-order valence-corrected chi connectivity index (χ1v) is 10.0. The predicted molar refractivity (Wildman–Crippen MR) is 102 cm³/mol. The average Bonchev–Trinajstić information content (AvgIpc) is 3.45. The largest absolute Gasteiger partial charge is 0.352 e. The molecule has 1 aromatic rings. The summed E-state index contributed by atoms with van der Waals surface area (Å²) < 4.78 is 0. The first-order chi connectivity index (χ1) is 12.5. The molecule has 0 radical (unpaired) electrons. The molecule has 0 bridgehead atoms. The second-order valence-electron chi connectivity index (χ2n) is 8.52. The van der Waals surface area contributed by atoms with E-state index >= 15 is 0 Å². The molecule has 1 aromatic heterocycles. The molecule has 1 atom stereocenters. The van der Waals surface area contributed by atoms with Crippen molar-refractivity contribution in [1.82, 2.24) is 19.8 Å². The van der Waals surface area contributed by atoms with Gasteiger partial charge in [0.05, 0.1) is 11.4 Å². The maximum Gasteiger partial charge on any atom is 0.222 e. The second-order valence-corrected chi connectivity index (χ2v) is 8.52. The fraction of sp³-hybridized carbons (Fsp3) is 0.750. The zero-order chi connectivity index (χ0) is 18.3. The number of piperazine rings is 1. The van der Waals surface area contributed by atoms with Crippen LogP contribution in [-0.4, -0.2) is 71.0 Å². The Labute approximate surface area is 156 Å². The number of nitrogens with zero attached hydrogens (tertiary/aromatic N) is 5. The molecule has 1 spiro atoms. The van der Waals surface area contributed by atoms with Crippen LogP contribution < -0.4 is 4.90 Å². The van der Waals surface area contributed by atoms with Crippen LogP contribution in [0, 0.1) is 19.8 Å². The van der Waals surface area contributed by atoms with Gasteiger partial charge in [-0.25, -0.2) is 4.98 Å². The molecule has 1 saturated carbocycles. The SMILES string of the molecule is Cc1cnc(C)c(N2CCN(C)[C@]3(CCC(=O)N(CC4CC4)CC3)C2)n1. The van der Waals surface area contributed by atoms with Crippen molar-refractivity contribution in [3.63, 3.8) is 0 Å². The van der Waals surface area contributed by atoms with Crippen LogP contribution in [0.3, 0.4) is 0 Å². The lowest BCUT2D eigenvalue weighted by atomic mass is 9.86. The molecule has 3 heterocycles. The molecule has 2 saturated heterocycles. The first-order valence-electron chi connectivity index (χ1n) is 10.0. The van der Waals surface area contributed by atoms with Crippen LogP contribution in [0.2, 0.25) is 0 Å². The molecular formula is C20H31N5O. The highest BCUT2D eigenvalue weighted by molar-refractivity contribution is 5.76. The van der Waals surface area contributed by atoms with Gasteiger partial charge in [0.15, 0.2) is 0 Å². The van der Waals surface area contributed by atoms with Crippen LogP contribution in [0.15, 0.2) is 6.20 Å². The molecule has 0 unspecified atom stereocenters. The maximum atomic E-state index is 12.6. The fourth-order valence-electron chi connectivity index (χ4n) is 4.50. The quantitative estimate of drug-likeness (QED) is 0.828. The summed E-state index contributed by atoms with van der Waals surface area (Å²) in [7, 11) is 2.23. The molecule has 26 heavy (non-hydrogen) atoms. The Kier molecular flexibility index (Phi) is 4.63. The third-order valence-electron chi connectivity index (χ3n) is 6.53. The highest BCUT2D eigenvalue weighted by Gasteiger charge is 2.43. The maximum absolute atomic E-state index is 12.6. The van der Waals surface area contributed by atoms with Gasteiger partial charge in [0.2, 0.25) is 5.91 Å². The number of likely N-dealkylation sites (N-methyl/N-ethyl adjacent to an activating group) is 1. The number of carbonyl (C=O) groups is 1. The van der Waals surface area contributed by atoms with E-state index in [4.69, 9.17) is 4.98 Å². The normalized spacial score (nSPS) is 27.9. The van der Waals surface area contributed by atoms with E-state index in [0.29, 0.717) is 12.3 Å². The van der Waals surface area contributed by atoms with Crippen molar-refractivity contribution < 1.29 is 4.79 Å². The summed E-state index contributed by atoms with van der Waals surface area (Å²) >= 11 is 0. The Balaban J connectivity index is 1.54. The number of aryl methyl sites for hydroxylation is 2. The Hall–Kier alpha value is -1.69. The minimum atomic E-state index is 0.0596. The topological polar surface area (TPSA) is 52.6 Å². The highest BCUT2D eigenvalue weighted by Crippen LogP contribution is 2.36. The minimum Gasteiger partial charge on any atom is -0.352 e. The van der Waals surface area contributed by atoms with Crippen LogP contribution in [0.1, 0.15) is 43.5 Å². The summed E-state index contributed by atoms with van der Waals surface area (Å²) in [6.07, 6.45) is 7.10. The van der Waals surface area contributed by atoms with Crippen molar-refractivity contribution in [2.75, 3.05) is 44.7 Å². The third-order valence-corrected chi connectivity index (χ3v) is 6.53. The Morgan fingerprint density at radius 3 is 2.77 bits per heavy atom. The number of rotatable bonds is 3. The molecule has 0 N–H and O–H groups in total. The zero-order valence-electron chi connectivity index (χ0n) is 16.4. The van der Waals surface area contributed by atoms with E-state index in [9.17, 15) is 4.79 Å². The fourth-order valence-corrected chi connectivity index (χ4v) is 4.50. The molecule has 4 rings (SSSR count). The number of aromatic nitrogens is 2. The highest BCUT2D eigenvalue weighted by atomic mass is 16.2. The van der Waals surface area contributed by atoms with Crippen molar-refractivity contribution in [2.45, 2.75) is 51.5 Å². The van der Waals surface area contributed by atoms with Crippen molar-refractivity contribution in [2.24, 2.45) is 5.92 Å². The molecule has 0 aromatic carbocycles. The van der Waals surface area contributed by atoms with Gasteiger partial charge in [0.1, 0.15) is 5.82 Å². The number of hydrogen-bond donors (Lipinski definition) is 0. The van der Waals surface area contributed by atoms with Crippen molar-refractivity contribution >= 4 is 11.7 Å². The van der Waals surface area contributed by atoms with Gasteiger partial charge in [-0.3, -0.25) is 14.7 Å². The van der Waals surface area contributed by atoms with E-state index in [1.54, 1.807) is 0 Å². The van der Waals surface area contributed by atoms with Crippen molar-refractivity contribution in [3.8, 4) is 0 Å². The summed E-state index contributed by atoms with van der Waals surface area (Å²) in [5, 5.41) is 0. The Morgan fingerprint density at radius 1 is 1.19 bits per heavy atom. The van der Waals surface area contributed by atoms with Gasteiger partial charge in [0, 0.05) is 50.9 Å². The van der Waals surface area contributed by atoms with Crippen molar-refractivity contribution in [1.29, 1.82) is 0 Å². The van der Waals surface area contributed by atoms with Gasteiger partial charge in [-0.15, -0.1) is 0 Å². The van der Waals surface area contributed by atoms with Crippen LogP contribution in [0.25, 0.3) is 0 Å². The summed E-state index contributed by atoms with van der Waals surface area (Å²) in [5.41, 5.74) is 2.02. The molecule has 2 aliphatic heterocycles. The number of anilines is 1. The van der Waals surface area contributed by atoms with E-state index < -0.39 is 0 Å². The van der Waals surface area contributed by atoms with E-state index in [1.807, 2.05) is 20.0 Å². The first kappa shape index (κ1) is 17.7. The Bertz CT molecular complexity index is 689. The molecule has 1 amide bonds. The molecule has 3 fully saturated rings. The van der Waals surface area contributed by atoms with Gasteiger partial charge in [-0.2, -0.15) is 0 Å². The monoisotopic (exact) mass is 357 g/mol. The summed E-state index contributed by atoms with van der Waals surface area (Å²) in [6.45, 7) is 8.83. The summed E-state index contributed by atoms with van der Waals surface area (Å²) in [5.74, 6) is 2.13. The predicted octanol–water partition coefficient (Wildman–Crippen LogP) is 2.01. The van der Waals surface area contributed by atoms with Gasteiger partial charge in [0.25, 0.3) is 0 Å².